The molecule has 2 aliphatic carbocycles. The van der Waals surface area contributed by atoms with Crippen molar-refractivity contribution in [3.05, 3.63) is 167 Å². The van der Waals surface area contributed by atoms with Gasteiger partial charge in [-0.3, -0.25) is 4.79 Å². The third kappa shape index (κ3) is 6.62. The van der Waals surface area contributed by atoms with E-state index in [2.05, 4.69) is 109 Å². The molecule has 6 aromatic carbocycles. The molecule has 0 amide bonds. The number of aliphatic hydroxyl groups is 1. The van der Waals surface area contributed by atoms with Gasteiger partial charge in [0.15, 0.2) is 5.78 Å². The molecule has 0 bridgehead atoms. The number of hydrogen-bond donors (Lipinski definition) is 1. The topological polar surface area (TPSA) is 37.3 Å². The fourth-order valence-corrected chi connectivity index (χ4v) is 6.94. The molecule has 2 nitrogen and oxygen atoms in total. The smallest absolute Gasteiger partial charge is 1.00 e. The zero-order valence-electron chi connectivity index (χ0n) is 26.2. The van der Waals surface area contributed by atoms with Crippen molar-refractivity contribution in [2.75, 3.05) is 0 Å². The fourth-order valence-electron chi connectivity index (χ4n) is 6.94. The molecule has 0 heterocycles. The summed E-state index contributed by atoms with van der Waals surface area (Å²) in [6.45, 7) is 0. The Morgan fingerprint density at radius 3 is 1.66 bits per heavy atom. The molecule has 1 N–H and O–H groups in total. The van der Waals surface area contributed by atoms with Crippen LogP contribution < -0.4 is 29.6 Å². The number of fused-ring (bicyclic) bond motifs is 4. The second kappa shape index (κ2) is 14.1. The summed E-state index contributed by atoms with van der Waals surface area (Å²) in [7, 11) is 0. The largest absolute Gasteiger partial charge is 1.00 e. The van der Waals surface area contributed by atoms with E-state index in [4.69, 9.17) is 0 Å². The van der Waals surface area contributed by atoms with Crippen molar-refractivity contribution < 1.29 is 40.9 Å². The number of aliphatic hydroxyl groups excluding tert-OH is 1. The van der Waals surface area contributed by atoms with Gasteiger partial charge < -0.3 is 6.53 Å². The maximum Gasteiger partial charge on any atom is 1.00 e. The minimum Gasteiger partial charge on any atom is -1.00 e. The first-order chi connectivity index (χ1) is 20.6. The van der Waals surface area contributed by atoms with Crippen LogP contribution in [0.5, 0.6) is 0 Å². The van der Waals surface area contributed by atoms with Crippen molar-refractivity contribution in [1.82, 2.24) is 0 Å². The van der Waals surface area contributed by atoms with E-state index in [0.717, 1.165) is 30.4 Å². The first-order valence-corrected chi connectivity index (χ1v) is 15.0. The average molecular weight is 582 g/mol. The fraction of sp³-hybridized carbons (Fsp3) is 0.175. The number of benzene rings is 6. The molecular weight excluding hydrogens is 546 g/mol. The Bertz CT molecular complexity index is 1920. The Hall–Kier alpha value is -3.47. The summed E-state index contributed by atoms with van der Waals surface area (Å²) in [5.74, 6) is 1.05. The molecule has 6 aromatic rings. The quantitative estimate of drug-likeness (QED) is 0.256. The van der Waals surface area contributed by atoms with Crippen LogP contribution in [0.3, 0.4) is 0 Å². The molecule has 211 valence electrons. The molecule has 44 heavy (non-hydrogen) atoms. The van der Waals surface area contributed by atoms with Crippen LogP contribution >= 0.6 is 0 Å². The summed E-state index contributed by atoms with van der Waals surface area (Å²) >= 11 is 0. The SMILES string of the molecule is O=C1CC(Cc2ccc3ccccc3c2)c2ccccc21.O[C@H]1C[C@@H](Cc2ccc3ccccc3c2)c2ccccc21.[B].[H-].[Na+]. The molecule has 3 radical (unpaired) electrons. The standard InChI is InChI=1S/C20H18O.C20H16O.B.Na.H/c2*21-20-13-17(18-7-3-4-8-19(18)20)12-14-9-10-15-5-1-2-6-16(15)11-14;;;/h1-11,17,20-21H,12-13H2;1-11,17H,12-13H2;;;/q;;;+1;-1/t17-,20+;;;;/m1..../s1. The van der Waals surface area contributed by atoms with Gasteiger partial charge in [-0.05, 0) is 80.5 Å². The zero-order chi connectivity index (χ0) is 28.5. The molecule has 1 unspecified atom stereocenters. The molecule has 0 saturated carbocycles. The van der Waals surface area contributed by atoms with E-state index < -0.39 is 0 Å². The Morgan fingerprint density at radius 2 is 1.05 bits per heavy atom. The Kier molecular flexibility index (Phi) is 10.2. The number of rotatable bonds is 4. The summed E-state index contributed by atoms with van der Waals surface area (Å²) in [4.78, 5) is 12.1. The van der Waals surface area contributed by atoms with Crippen molar-refractivity contribution in [1.29, 1.82) is 0 Å². The molecule has 3 atom stereocenters. The van der Waals surface area contributed by atoms with Crippen LogP contribution in [-0.4, -0.2) is 19.3 Å². The summed E-state index contributed by atoms with van der Waals surface area (Å²) in [5.41, 5.74) is 7.23. The van der Waals surface area contributed by atoms with Crippen LogP contribution in [0.2, 0.25) is 0 Å². The molecule has 0 saturated heterocycles. The number of hydrogen-bond acceptors (Lipinski definition) is 2. The van der Waals surface area contributed by atoms with Crippen LogP contribution in [-0.2, 0) is 12.8 Å². The van der Waals surface area contributed by atoms with E-state index in [0.29, 0.717) is 18.3 Å². The normalized spacial score (nSPS) is 18.0. The minimum absolute atomic E-state index is 0. The summed E-state index contributed by atoms with van der Waals surface area (Å²) in [5, 5.41) is 15.3. The van der Waals surface area contributed by atoms with Gasteiger partial charge in [-0.15, -0.1) is 0 Å². The molecule has 2 aliphatic rings. The van der Waals surface area contributed by atoms with E-state index in [1.165, 1.54) is 43.8 Å². The number of ketones is 1. The molecule has 0 aliphatic heterocycles. The first-order valence-electron chi connectivity index (χ1n) is 15.0. The van der Waals surface area contributed by atoms with Gasteiger partial charge in [0.1, 0.15) is 0 Å². The summed E-state index contributed by atoms with van der Waals surface area (Å²) in [6.07, 6.45) is 3.12. The molecular formula is C40H35BNaO2. The van der Waals surface area contributed by atoms with E-state index in [9.17, 15) is 9.90 Å². The summed E-state index contributed by atoms with van der Waals surface area (Å²) < 4.78 is 0. The Labute approximate surface area is 285 Å². The van der Waals surface area contributed by atoms with E-state index >= 15 is 0 Å². The van der Waals surface area contributed by atoms with E-state index in [1.54, 1.807) is 0 Å². The van der Waals surface area contributed by atoms with Gasteiger partial charge in [0, 0.05) is 20.4 Å². The van der Waals surface area contributed by atoms with Gasteiger partial charge in [-0.25, -0.2) is 0 Å². The van der Waals surface area contributed by atoms with Crippen LogP contribution in [0.25, 0.3) is 21.5 Å². The number of carbonyl (C=O) groups excluding carboxylic acids is 1. The number of Topliss-reactive ketones (excluding diaryl/α,β-unsaturated/α-hetero) is 1. The predicted octanol–water partition coefficient (Wildman–Crippen LogP) is 6.09. The predicted molar refractivity (Wildman–Crippen MR) is 179 cm³/mol. The van der Waals surface area contributed by atoms with Crippen molar-refractivity contribution in [3.63, 3.8) is 0 Å². The van der Waals surface area contributed by atoms with Gasteiger partial charge in [0.25, 0.3) is 0 Å². The van der Waals surface area contributed by atoms with Gasteiger partial charge in [0.2, 0.25) is 0 Å². The molecule has 4 heteroatoms. The third-order valence-electron chi connectivity index (χ3n) is 9.03. The zero-order valence-corrected chi connectivity index (χ0v) is 27.2. The van der Waals surface area contributed by atoms with Gasteiger partial charge >= 0.3 is 29.6 Å². The first kappa shape index (κ1) is 31.9. The van der Waals surface area contributed by atoms with E-state index in [-0.39, 0.29) is 51.3 Å². The molecule has 0 aromatic heterocycles. The van der Waals surface area contributed by atoms with E-state index in [1.807, 2.05) is 24.3 Å². The van der Waals surface area contributed by atoms with Gasteiger partial charge in [0.05, 0.1) is 6.10 Å². The molecule has 8 rings (SSSR count). The van der Waals surface area contributed by atoms with Crippen molar-refractivity contribution >= 4 is 35.7 Å². The summed E-state index contributed by atoms with van der Waals surface area (Å²) in [6, 6.07) is 46.5. The average Bonchev–Trinajstić information content (AvgIpc) is 3.52. The van der Waals surface area contributed by atoms with Crippen LogP contribution in [0.4, 0.5) is 0 Å². The monoisotopic (exact) mass is 581 g/mol. The van der Waals surface area contributed by atoms with Crippen molar-refractivity contribution in [2.45, 2.75) is 43.6 Å². The van der Waals surface area contributed by atoms with Crippen LogP contribution in [0.1, 0.15) is 70.4 Å². The van der Waals surface area contributed by atoms with Crippen LogP contribution in [0, 0.1) is 0 Å². The van der Waals surface area contributed by atoms with Gasteiger partial charge in [-0.1, -0.05) is 133 Å². The molecule has 0 fully saturated rings. The maximum atomic E-state index is 12.1. The van der Waals surface area contributed by atoms with Crippen molar-refractivity contribution in [2.24, 2.45) is 0 Å². The Balaban J connectivity index is 0.000000192. The second-order valence-corrected chi connectivity index (χ2v) is 11.8. The molecule has 0 spiro atoms. The van der Waals surface area contributed by atoms with Crippen LogP contribution in [0.15, 0.2) is 133 Å². The van der Waals surface area contributed by atoms with Gasteiger partial charge in [-0.2, -0.15) is 0 Å². The maximum absolute atomic E-state index is 12.1. The van der Waals surface area contributed by atoms with Crippen molar-refractivity contribution in [3.8, 4) is 0 Å². The minimum atomic E-state index is -0.299. The third-order valence-corrected chi connectivity index (χ3v) is 9.03. The second-order valence-electron chi connectivity index (χ2n) is 11.8. The number of carbonyl (C=O) groups is 1. The Morgan fingerprint density at radius 1 is 0.568 bits per heavy atom.